The fraction of sp³-hybridized carbons (Fsp3) is 0.533. The monoisotopic (exact) mass is 280 g/mol. The van der Waals surface area contributed by atoms with Crippen LogP contribution < -0.4 is 10.6 Å². The normalized spacial score (nSPS) is 21.4. The van der Waals surface area contributed by atoms with E-state index in [2.05, 4.69) is 10.6 Å². The van der Waals surface area contributed by atoms with Gasteiger partial charge in [-0.15, -0.1) is 0 Å². The molecule has 4 nitrogen and oxygen atoms in total. The summed E-state index contributed by atoms with van der Waals surface area (Å²) in [5.41, 5.74) is 0.0596. The van der Waals surface area contributed by atoms with Crippen molar-refractivity contribution in [3.05, 3.63) is 30.1 Å². The molecule has 1 unspecified atom stereocenters. The van der Waals surface area contributed by atoms with E-state index in [9.17, 15) is 9.18 Å². The lowest BCUT2D eigenvalue weighted by Crippen LogP contribution is -2.45. The Morgan fingerprint density at radius 3 is 2.90 bits per heavy atom. The number of carbonyl (C=O) groups excluding carboxylic acids is 1. The van der Waals surface area contributed by atoms with Crippen molar-refractivity contribution >= 4 is 11.6 Å². The van der Waals surface area contributed by atoms with Gasteiger partial charge in [0.1, 0.15) is 5.82 Å². The Kier molecular flexibility index (Phi) is 4.73. The number of carbonyl (C=O) groups is 1. The predicted molar refractivity (Wildman–Crippen MR) is 76.1 cm³/mol. The molecule has 1 aromatic carbocycles. The Morgan fingerprint density at radius 2 is 2.20 bits per heavy atom. The zero-order valence-corrected chi connectivity index (χ0v) is 11.9. The van der Waals surface area contributed by atoms with Gasteiger partial charge in [-0.25, -0.2) is 4.39 Å². The second-order valence-corrected chi connectivity index (χ2v) is 5.71. The number of halogens is 1. The van der Waals surface area contributed by atoms with Gasteiger partial charge in [-0.1, -0.05) is 12.1 Å². The zero-order valence-electron chi connectivity index (χ0n) is 11.9. The number of rotatable bonds is 4. The molecule has 1 amide bonds. The highest BCUT2D eigenvalue weighted by Gasteiger charge is 2.28. The molecule has 20 heavy (non-hydrogen) atoms. The maximum atomic E-state index is 13.4. The Hall–Kier alpha value is -1.46. The fourth-order valence-electron chi connectivity index (χ4n) is 2.40. The van der Waals surface area contributed by atoms with Crippen LogP contribution >= 0.6 is 0 Å². The number of para-hydroxylation sites is 1. The van der Waals surface area contributed by atoms with Crippen LogP contribution in [0.5, 0.6) is 0 Å². The number of hydrogen-bond acceptors (Lipinski definition) is 3. The van der Waals surface area contributed by atoms with Gasteiger partial charge in [-0.3, -0.25) is 4.79 Å². The average Bonchev–Trinajstić information content (AvgIpc) is 2.38. The lowest BCUT2D eigenvalue weighted by atomic mass is 9.94. The second kappa shape index (κ2) is 6.33. The molecule has 1 aliphatic heterocycles. The van der Waals surface area contributed by atoms with Crippen molar-refractivity contribution in [2.75, 3.05) is 18.5 Å². The van der Waals surface area contributed by atoms with Crippen LogP contribution in [0.25, 0.3) is 0 Å². The second-order valence-electron chi connectivity index (χ2n) is 5.71. The van der Waals surface area contributed by atoms with Gasteiger partial charge >= 0.3 is 0 Å². The Labute approximate surface area is 118 Å². The lowest BCUT2D eigenvalue weighted by molar-refractivity contribution is -0.116. The molecule has 5 heteroatoms. The largest absolute Gasteiger partial charge is 0.375 e. The van der Waals surface area contributed by atoms with E-state index in [0.717, 1.165) is 12.8 Å². The maximum absolute atomic E-state index is 13.4. The van der Waals surface area contributed by atoms with Crippen molar-refractivity contribution in [2.24, 2.45) is 0 Å². The quantitative estimate of drug-likeness (QED) is 0.890. The van der Waals surface area contributed by atoms with Crippen molar-refractivity contribution in [1.82, 2.24) is 5.32 Å². The number of ether oxygens (including phenoxy) is 1. The van der Waals surface area contributed by atoms with Crippen molar-refractivity contribution in [2.45, 2.75) is 38.3 Å². The minimum Gasteiger partial charge on any atom is -0.375 e. The smallest absolute Gasteiger partial charge is 0.238 e. The van der Waals surface area contributed by atoms with E-state index in [4.69, 9.17) is 4.74 Å². The number of benzene rings is 1. The highest BCUT2D eigenvalue weighted by atomic mass is 19.1. The van der Waals surface area contributed by atoms with Crippen LogP contribution in [0, 0.1) is 5.82 Å². The summed E-state index contributed by atoms with van der Waals surface area (Å²) in [5, 5.41) is 5.77. The van der Waals surface area contributed by atoms with Crippen molar-refractivity contribution in [3.8, 4) is 0 Å². The molecule has 1 aromatic rings. The first kappa shape index (κ1) is 14.9. The van der Waals surface area contributed by atoms with Crippen LogP contribution in [0.2, 0.25) is 0 Å². The standard InChI is InChI=1S/C15H21FN2O2/c1-15(2)9-11(7-8-20-15)17-10-14(19)18-13-6-4-3-5-12(13)16/h3-6,11,17H,7-10H2,1-2H3,(H,18,19). The number of nitrogens with one attached hydrogen (secondary N) is 2. The van der Waals surface area contributed by atoms with Crippen molar-refractivity contribution in [3.63, 3.8) is 0 Å². The SMILES string of the molecule is CC1(C)CC(NCC(=O)Nc2ccccc2F)CCO1. The summed E-state index contributed by atoms with van der Waals surface area (Å²) in [4.78, 5) is 11.8. The molecule has 1 atom stereocenters. The van der Waals surface area contributed by atoms with Gasteiger partial charge < -0.3 is 15.4 Å². The predicted octanol–water partition coefficient (Wildman–Crippen LogP) is 2.31. The van der Waals surface area contributed by atoms with E-state index in [1.165, 1.54) is 6.07 Å². The summed E-state index contributed by atoms with van der Waals surface area (Å²) < 4.78 is 19.0. The summed E-state index contributed by atoms with van der Waals surface area (Å²) in [7, 11) is 0. The highest BCUT2D eigenvalue weighted by Crippen LogP contribution is 2.23. The first-order valence-corrected chi connectivity index (χ1v) is 6.88. The van der Waals surface area contributed by atoms with E-state index in [1.54, 1.807) is 18.2 Å². The van der Waals surface area contributed by atoms with Gasteiger partial charge in [0.2, 0.25) is 5.91 Å². The van der Waals surface area contributed by atoms with Gasteiger partial charge in [-0.05, 0) is 38.8 Å². The summed E-state index contributed by atoms with van der Waals surface area (Å²) in [6.45, 7) is 4.95. The first-order chi connectivity index (χ1) is 9.46. The van der Waals surface area contributed by atoms with E-state index >= 15 is 0 Å². The van der Waals surface area contributed by atoms with E-state index < -0.39 is 5.82 Å². The molecule has 0 radical (unpaired) electrons. The average molecular weight is 280 g/mol. The molecule has 0 spiro atoms. The van der Waals surface area contributed by atoms with Gasteiger partial charge in [-0.2, -0.15) is 0 Å². The molecule has 110 valence electrons. The topological polar surface area (TPSA) is 50.4 Å². The Morgan fingerprint density at radius 1 is 1.45 bits per heavy atom. The fourth-order valence-corrected chi connectivity index (χ4v) is 2.40. The molecule has 1 fully saturated rings. The molecule has 0 bridgehead atoms. The van der Waals surface area contributed by atoms with Crippen LogP contribution in [0.4, 0.5) is 10.1 Å². The molecule has 1 aliphatic rings. The van der Waals surface area contributed by atoms with Crippen LogP contribution in [-0.2, 0) is 9.53 Å². The first-order valence-electron chi connectivity index (χ1n) is 6.88. The minimum absolute atomic E-state index is 0.155. The molecule has 0 saturated carbocycles. The summed E-state index contributed by atoms with van der Waals surface area (Å²) in [6.07, 6.45) is 1.75. The van der Waals surface area contributed by atoms with E-state index in [1.807, 2.05) is 13.8 Å². The van der Waals surface area contributed by atoms with Crippen molar-refractivity contribution < 1.29 is 13.9 Å². The number of amides is 1. The van der Waals surface area contributed by atoms with Crippen LogP contribution in [0.3, 0.4) is 0 Å². The summed E-state index contributed by atoms with van der Waals surface area (Å²) >= 11 is 0. The highest BCUT2D eigenvalue weighted by molar-refractivity contribution is 5.92. The molecule has 0 aromatic heterocycles. The van der Waals surface area contributed by atoms with Gasteiger partial charge in [0.25, 0.3) is 0 Å². The van der Waals surface area contributed by atoms with Gasteiger partial charge in [0, 0.05) is 12.6 Å². The Bertz CT molecular complexity index is 477. The molecular weight excluding hydrogens is 259 g/mol. The van der Waals surface area contributed by atoms with Gasteiger partial charge in [0.15, 0.2) is 0 Å². The molecule has 1 heterocycles. The van der Waals surface area contributed by atoms with E-state index in [0.29, 0.717) is 6.61 Å². The number of hydrogen-bond donors (Lipinski definition) is 2. The van der Waals surface area contributed by atoms with E-state index in [-0.39, 0.29) is 29.8 Å². The zero-order chi connectivity index (χ0) is 14.6. The lowest BCUT2D eigenvalue weighted by Gasteiger charge is -2.35. The van der Waals surface area contributed by atoms with Gasteiger partial charge in [0.05, 0.1) is 17.8 Å². The van der Waals surface area contributed by atoms with Crippen LogP contribution in [0.15, 0.2) is 24.3 Å². The molecule has 2 rings (SSSR count). The van der Waals surface area contributed by atoms with Crippen LogP contribution in [-0.4, -0.2) is 30.7 Å². The summed E-state index contributed by atoms with van der Waals surface area (Å²) in [5.74, 6) is -0.660. The minimum atomic E-state index is -0.423. The molecule has 1 saturated heterocycles. The number of anilines is 1. The maximum Gasteiger partial charge on any atom is 0.238 e. The Balaban J connectivity index is 1.79. The molecule has 0 aliphatic carbocycles. The van der Waals surface area contributed by atoms with Crippen LogP contribution in [0.1, 0.15) is 26.7 Å². The van der Waals surface area contributed by atoms with Crippen molar-refractivity contribution in [1.29, 1.82) is 0 Å². The third-order valence-electron chi connectivity index (χ3n) is 3.40. The summed E-state index contributed by atoms with van der Waals surface area (Å²) in [6, 6.07) is 6.40. The third kappa shape index (κ3) is 4.28. The third-order valence-corrected chi connectivity index (χ3v) is 3.40. The molecule has 2 N–H and O–H groups in total. The molecular formula is C15H21FN2O2.